The quantitative estimate of drug-likeness (QED) is 0.0195. The van der Waals surface area contributed by atoms with Crippen molar-refractivity contribution in [3.8, 4) is 0 Å². The largest absolute Gasteiger partial charge is 0.454 e. The number of hydrogen-bond acceptors (Lipinski definition) is 10. The van der Waals surface area contributed by atoms with Crippen LogP contribution in [-0.4, -0.2) is 99.6 Å². The Bertz CT molecular complexity index is 1690. The Morgan fingerprint density at radius 1 is 0.448 bits per heavy atom. The topological polar surface area (TPSA) is 175 Å². The van der Waals surface area contributed by atoms with E-state index in [1.807, 2.05) is 6.08 Å². The highest BCUT2D eigenvalue weighted by atomic mass is 16.7. The minimum absolute atomic E-state index is 0.122. The summed E-state index contributed by atoms with van der Waals surface area (Å²) < 4.78 is 17.7. The maximum Gasteiger partial charge on any atom is 0.306 e. The molecule has 11 nitrogen and oxygen atoms in total. The first-order valence-electron chi connectivity index (χ1n) is 36.7. The lowest BCUT2D eigenvalue weighted by Gasteiger charge is -2.41. The van der Waals surface area contributed by atoms with Crippen molar-refractivity contribution in [3.63, 3.8) is 0 Å². The Morgan fingerprint density at radius 2 is 0.793 bits per heavy atom. The van der Waals surface area contributed by atoms with E-state index >= 15 is 0 Å². The van der Waals surface area contributed by atoms with Gasteiger partial charge in [-0.25, -0.2) is 0 Å². The Morgan fingerprint density at radius 3 is 1.22 bits per heavy atom. The third-order valence-electron chi connectivity index (χ3n) is 17.1. The van der Waals surface area contributed by atoms with Gasteiger partial charge >= 0.3 is 5.97 Å². The number of rotatable bonds is 63. The molecule has 1 aliphatic heterocycles. The van der Waals surface area contributed by atoms with Crippen LogP contribution in [0.2, 0.25) is 0 Å². The van der Waals surface area contributed by atoms with Crippen molar-refractivity contribution in [1.29, 1.82) is 0 Å². The molecule has 6 N–H and O–H groups in total. The predicted octanol–water partition coefficient (Wildman–Crippen LogP) is 19.1. The Balaban J connectivity index is 2.53. The molecule has 0 spiro atoms. The fraction of sp³-hybridized carbons (Fsp3) is 0.816. The number of aliphatic hydroxyl groups excluding tert-OH is 5. The summed E-state index contributed by atoms with van der Waals surface area (Å²) in [7, 11) is 0. The van der Waals surface area contributed by atoms with E-state index in [1.165, 1.54) is 205 Å². The lowest BCUT2D eigenvalue weighted by atomic mass is 9.99. The molecule has 1 aliphatic rings. The zero-order chi connectivity index (χ0) is 63.1. The molecule has 1 heterocycles. The van der Waals surface area contributed by atoms with Gasteiger partial charge in [0, 0.05) is 6.42 Å². The van der Waals surface area contributed by atoms with Crippen molar-refractivity contribution in [2.45, 2.75) is 384 Å². The monoisotopic (exact) mass is 1220 g/mol. The van der Waals surface area contributed by atoms with Crippen LogP contribution in [0.4, 0.5) is 0 Å². The minimum Gasteiger partial charge on any atom is -0.454 e. The smallest absolute Gasteiger partial charge is 0.306 e. The molecule has 0 aromatic carbocycles. The number of esters is 1. The molecule has 0 aliphatic carbocycles. The number of unbranched alkanes of at least 4 members (excludes halogenated alkanes) is 39. The van der Waals surface area contributed by atoms with Gasteiger partial charge in [0.05, 0.1) is 25.4 Å². The number of hydrogen-bond donors (Lipinski definition) is 6. The molecule has 0 bridgehead atoms. The first-order valence-corrected chi connectivity index (χ1v) is 36.7. The highest BCUT2D eigenvalue weighted by Crippen LogP contribution is 2.26. The molecule has 1 saturated heterocycles. The minimum atomic E-state index is -1.62. The third kappa shape index (κ3) is 50.4. The van der Waals surface area contributed by atoms with Crippen LogP contribution in [0, 0.1) is 0 Å². The number of nitrogens with one attached hydrogen (secondary N) is 1. The highest BCUT2D eigenvalue weighted by molar-refractivity contribution is 5.80. The number of allylic oxidation sites excluding steroid dienone is 11. The summed E-state index contributed by atoms with van der Waals surface area (Å²) in [5, 5.41) is 57.2. The molecule has 1 amide bonds. The number of carbonyl (C=O) groups is 2. The fourth-order valence-electron chi connectivity index (χ4n) is 11.3. The molecule has 0 aromatic rings. The molecule has 506 valence electrons. The first kappa shape index (κ1) is 82.1. The summed E-state index contributed by atoms with van der Waals surface area (Å²) in [5.74, 6) is -1.21. The van der Waals surface area contributed by atoms with Crippen LogP contribution in [0.3, 0.4) is 0 Å². The van der Waals surface area contributed by atoms with Gasteiger partial charge in [0.2, 0.25) is 5.91 Å². The summed E-state index contributed by atoms with van der Waals surface area (Å²) in [6.07, 6.45) is 72.4. The summed E-state index contributed by atoms with van der Waals surface area (Å²) in [4.78, 5) is 26.7. The second-order valence-electron chi connectivity index (χ2n) is 25.3. The van der Waals surface area contributed by atoms with Gasteiger partial charge in [-0.3, -0.25) is 9.59 Å². The average Bonchev–Trinajstić information content (AvgIpc) is 1.56. The molecule has 87 heavy (non-hydrogen) atoms. The van der Waals surface area contributed by atoms with E-state index in [9.17, 15) is 35.1 Å². The average molecular weight is 1220 g/mol. The van der Waals surface area contributed by atoms with Crippen LogP contribution in [0.15, 0.2) is 72.9 Å². The van der Waals surface area contributed by atoms with Gasteiger partial charge in [-0.05, 0) is 96.3 Å². The van der Waals surface area contributed by atoms with Gasteiger partial charge < -0.3 is 45.1 Å². The first-order chi connectivity index (χ1) is 42.7. The second-order valence-corrected chi connectivity index (χ2v) is 25.3. The summed E-state index contributed by atoms with van der Waals surface area (Å²) in [6.45, 7) is 5.78. The summed E-state index contributed by atoms with van der Waals surface area (Å²) >= 11 is 0. The number of carbonyl (C=O) groups excluding carboxylic acids is 2. The Labute approximate surface area is 534 Å². The zero-order valence-corrected chi connectivity index (χ0v) is 56.4. The van der Waals surface area contributed by atoms with Crippen LogP contribution >= 0.6 is 0 Å². The lowest BCUT2D eigenvalue weighted by Crippen LogP contribution is -2.61. The van der Waals surface area contributed by atoms with E-state index < -0.39 is 67.4 Å². The molecule has 1 fully saturated rings. The van der Waals surface area contributed by atoms with Crippen LogP contribution in [0.1, 0.15) is 335 Å². The van der Waals surface area contributed by atoms with Crippen LogP contribution < -0.4 is 5.32 Å². The summed E-state index contributed by atoms with van der Waals surface area (Å²) in [5.41, 5.74) is 0. The summed E-state index contributed by atoms with van der Waals surface area (Å²) in [6, 6.07) is -1.04. The number of ether oxygens (including phenoxy) is 3. The fourth-order valence-corrected chi connectivity index (χ4v) is 11.3. The Kier molecular flexibility index (Phi) is 59.7. The molecule has 11 heteroatoms. The highest BCUT2D eigenvalue weighted by Gasteiger charge is 2.47. The van der Waals surface area contributed by atoms with E-state index in [0.29, 0.717) is 12.8 Å². The second kappa shape index (κ2) is 63.3. The van der Waals surface area contributed by atoms with E-state index in [2.05, 4.69) is 86.8 Å². The van der Waals surface area contributed by atoms with Crippen molar-refractivity contribution in [2.24, 2.45) is 0 Å². The molecule has 1 rings (SSSR count). The van der Waals surface area contributed by atoms with Crippen LogP contribution in [0.25, 0.3) is 0 Å². The van der Waals surface area contributed by atoms with Gasteiger partial charge in [0.1, 0.15) is 24.4 Å². The van der Waals surface area contributed by atoms with E-state index in [-0.39, 0.29) is 19.4 Å². The van der Waals surface area contributed by atoms with E-state index in [1.54, 1.807) is 6.08 Å². The standard InChI is InChI=1S/C76H137NO10/c1-4-7-10-13-16-19-22-24-26-28-30-32-33-34-35-36-37-38-40-42-44-46-49-52-55-58-61-64-71(81)87-74-73(83)72(82)70(65-78)86-76(74)85-66-67(68(79)62-59-56-53-50-47-21-18-15-12-9-6-3)77-75(84)69(80)63-60-57-54-51-48-45-43-41-39-31-29-27-25-23-20-17-14-11-8-5-2/h17,20,24-27,31,39,43,45,59,62,67-70,72-74,76,78-80,82-83H,4-16,18-19,21-23,28-30,32-38,40-42,44,46-58,60-61,63-66H2,1-3H3,(H,77,84)/b20-17-,26-24+,27-25-,39-31-,45-43-,62-59+. The zero-order valence-electron chi connectivity index (χ0n) is 56.4. The molecule has 0 saturated carbocycles. The number of aliphatic hydroxyl groups is 5. The lowest BCUT2D eigenvalue weighted by molar-refractivity contribution is -0.305. The van der Waals surface area contributed by atoms with E-state index in [0.717, 1.165) is 83.5 Å². The maximum atomic E-state index is 13.5. The molecule has 8 unspecified atom stereocenters. The third-order valence-corrected chi connectivity index (χ3v) is 17.1. The van der Waals surface area contributed by atoms with Gasteiger partial charge in [-0.1, -0.05) is 306 Å². The predicted molar refractivity (Wildman–Crippen MR) is 366 cm³/mol. The number of amides is 1. The van der Waals surface area contributed by atoms with Gasteiger partial charge in [-0.15, -0.1) is 0 Å². The maximum absolute atomic E-state index is 13.5. The SMILES string of the molecule is CCCCC/C=C\C/C=C\C/C=C\C/C=C\CCCCCCC(O)C(=O)NC(COC1OC(CO)C(O)C(O)C1OC(=O)CCCCCCCCCCCCCCCCCCC/C=C/CCCCCCCC)C(O)/C=C/CCCCCCCCCCC. The molecule has 0 aromatic heterocycles. The van der Waals surface area contributed by atoms with Crippen molar-refractivity contribution in [3.05, 3.63) is 72.9 Å². The van der Waals surface area contributed by atoms with Crippen molar-refractivity contribution < 1.29 is 49.3 Å². The van der Waals surface area contributed by atoms with Gasteiger partial charge in [-0.2, -0.15) is 0 Å². The Hall–Kier alpha value is -2.90. The van der Waals surface area contributed by atoms with Gasteiger partial charge in [0.25, 0.3) is 0 Å². The van der Waals surface area contributed by atoms with Crippen LogP contribution in [0.5, 0.6) is 0 Å². The van der Waals surface area contributed by atoms with Crippen molar-refractivity contribution >= 4 is 11.9 Å². The van der Waals surface area contributed by atoms with Crippen molar-refractivity contribution in [1.82, 2.24) is 5.32 Å². The van der Waals surface area contributed by atoms with Crippen LogP contribution in [-0.2, 0) is 23.8 Å². The van der Waals surface area contributed by atoms with Gasteiger partial charge in [0.15, 0.2) is 12.4 Å². The molecule has 0 radical (unpaired) electrons. The van der Waals surface area contributed by atoms with E-state index in [4.69, 9.17) is 14.2 Å². The van der Waals surface area contributed by atoms with Crippen molar-refractivity contribution in [2.75, 3.05) is 13.2 Å². The molecule has 8 atom stereocenters. The normalized spacial score (nSPS) is 18.6. The molecular weight excluding hydrogens is 1090 g/mol. The molecular formula is C76H137NO10.